The predicted molar refractivity (Wildman–Crippen MR) is 43.0 cm³/mol. The van der Waals surface area contributed by atoms with E-state index >= 15 is 0 Å². The smallest absolute Gasteiger partial charge is 0.223 e. The Balaban J connectivity index is 2.13. The van der Waals surface area contributed by atoms with Gasteiger partial charge in [0, 0.05) is 12.0 Å². The molecule has 0 N–H and O–H groups in total. The summed E-state index contributed by atoms with van der Waals surface area (Å²) in [5.41, 5.74) is 0.738. The van der Waals surface area contributed by atoms with Crippen molar-refractivity contribution in [3.63, 3.8) is 0 Å². The molecule has 1 aliphatic heterocycles. The Kier molecular flexibility index (Phi) is 1.60. The fourth-order valence-corrected chi connectivity index (χ4v) is 1.81. The van der Waals surface area contributed by atoms with Crippen molar-refractivity contribution in [1.82, 2.24) is 0 Å². The highest BCUT2D eigenvalue weighted by Crippen LogP contribution is 2.35. The Bertz CT molecular complexity index is 251. The van der Waals surface area contributed by atoms with Gasteiger partial charge in [0.2, 0.25) is 10.2 Å². The van der Waals surface area contributed by atoms with Gasteiger partial charge in [0.1, 0.15) is 0 Å². The molecule has 2 nitrogen and oxygen atoms in total. The first-order chi connectivity index (χ1) is 5.25. The molecule has 0 amide bonds. The molecule has 0 spiro atoms. The normalized spacial score (nSPS) is 28.5. The average Bonchev–Trinajstić information content (AvgIpc) is 2.64. The Hall–Kier alpha value is -0.570. The molecule has 0 unspecified atom stereocenters. The van der Waals surface area contributed by atoms with Crippen molar-refractivity contribution in [2.75, 3.05) is 0 Å². The van der Waals surface area contributed by atoms with Gasteiger partial charge in [-0.2, -0.15) is 0 Å². The van der Waals surface area contributed by atoms with Crippen molar-refractivity contribution >= 4 is 22.0 Å². The second-order valence-electron chi connectivity index (χ2n) is 2.97. The lowest BCUT2D eigenvalue weighted by Gasteiger charge is -1.87. The minimum Gasteiger partial charge on any atom is -0.286 e. The number of hydrogen-bond acceptors (Lipinski definition) is 3. The number of thioether (sulfide) groups is 1. The average molecular weight is 168 g/mol. The Morgan fingerprint density at radius 3 is 2.55 bits per heavy atom. The third-order valence-electron chi connectivity index (χ3n) is 1.86. The largest absolute Gasteiger partial charge is 0.286 e. The SMILES string of the molecule is O=C1C/C(=C\C2CC2)C(=O)S1. The van der Waals surface area contributed by atoms with E-state index in [1.54, 1.807) is 0 Å². The van der Waals surface area contributed by atoms with Crippen LogP contribution in [-0.4, -0.2) is 10.2 Å². The predicted octanol–water partition coefficient (Wildman–Crippen LogP) is 1.51. The third-order valence-corrected chi connectivity index (χ3v) is 2.68. The van der Waals surface area contributed by atoms with Crippen molar-refractivity contribution in [3.8, 4) is 0 Å². The zero-order valence-electron chi connectivity index (χ0n) is 6.00. The molecule has 0 aromatic carbocycles. The molecule has 2 aliphatic rings. The van der Waals surface area contributed by atoms with Crippen molar-refractivity contribution in [3.05, 3.63) is 11.6 Å². The van der Waals surface area contributed by atoms with Gasteiger partial charge in [-0.25, -0.2) is 0 Å². The van der Waals surface area contributed by atoms with E-state index in [2.05, 4.69) is 0 Å². The summed E-state index contributed by atoms with van der Waals surface area (Å²) in [6.07, 6.45) is 4.71. The van der Waals surface area contributed by atoms with Crippen LogP contribution in [0.25, 0.3) is 0 Å². The van der Waals surface area contributed by atoms with Crippen molar-refractivity contribution < 1.29 is 9.59 Å². The third kappa shape index (κ3) is 1.53. The molecule has 0 radical (unpaired) electrons. The Labute approximate surface area is 69.0 Å². The first kappa shape index (κ1) is 7.10. The van der Waals surface area contributed by atoms with Crippen LogP contribution in [0.1, 0.15) is 19.3 Å². The first-order valence-corrected chi connectivity index (χ1v) is 4.53. The summed E-state index contributed by atoms with van der Waals surface area (Å²) < 4.78 is 0. The Morgan fingerprint density at radius 1 is 1.36 bits per heavy atom. The molecule has 1 heterocycles. The van der Waals surface area contributed by atoms with E-state index in [1.165, 1.54) is 12.8 Å². The fourth-order valence-electron chi connectivity index (χ4n) is 1.11. The first-order valence-electron chi connectivity index (χ1n) is 3.71. The molecule has 1 saturated carbocycles. The second-order valence-corrected chi connectivity index (χ2v) is 4.00. The molecule has 2 fully saturated rings. The molecule has 0 bridgehead atoms. The minimum atomic E-state index is -0.0260. The molecular weight excluding hydrogens is 160 g/mol. The van der Waals surface area contributed by atoms with Crippen molar-refractivity contribution in [2.45, 2.75) is 19.3 Å². The lowest BCUT2D eigenvalue weighted by molar-refractivity contribution is -0.110. The fraction of sp³-hybridized carbons (Fsp3) is 0.500. The van der Waals surface area contributed by atoms with Gasteiger partial charge < -0.3 is 0 Å². The van der Waals surface area contributed by atoms with Crippen LogP contribution >= 0.6 is 11.8 Å². The van der Waals surface area contributed by atoms with E-state index in [-0.39, 0.29) is 10.2 Å². The summed E-state index contributed by atoms with van der Waals surface area (Å²) in [5.74, 6) is 0.598. The van der Waals surface area contributed by atoms with Crippen LogP contribution in [0, 0.1) is 5.92 Å². The van der Waals surface area contributed by atoms with Gasteiger partial charge in [0.05, 0.1) is 0 Å². The molecule has 1 aliphatic carbocycles. The highest BCUT2D eigenvalue weighted by molar-refractivity contribution is 8.27. The number of allylic oxidation sites excluding steroid dienone is 1. The zero-order valence-corrected chi connectivity index (χ0v) is 6.82. The van der Waals surface area contributed by atoms with Crippen molar-refractivity contribution in [2.24, 2.45) is 5.92 Å². The molecule has 58 valence electrons. The maximum absolute atomic E-state index is 11.0. The number of carbonyl (C=O) groups is 2. The summed E-state index contributed by atoms with van der Waals surface area (Å²) in [5, 5.41) is -0.0243. The standard InChI is InChI=1S/C8H8O2S/c9-7-4-6(8(10)11-7)3-5-1-2-5/h3,5H,1-2,4H2/b6-3+. The lowest BCUT2D eigenvalue weighted by atomic mass is 10.2. The van der Waals surface area contributed by atoms with E-state index in [0.717, 1.165) is 17.3 Å². The quantitative estimate of drug-likeness (QED) is 0.556. The highest BCUT2D eigenvalue weighted by atomic mass is 32.2. The Morgan fingerprint density at radius 2 is 2.09 bits per heavy atom. The van der Waals surface area contributed by atoms with Gasteiger partial charge in [0.15, 0.2) is 0 Å². The zero-order chi connectivity index (χ0) is 7.84. The molecule has 0 atom stereocenters. The molecule has 3 heteroatoms. The topological polar surface area (TPSA) is 34.1 Å². The summed E-state index contributed by atoms with van der Waals surface area (Å²) >= 11 is 0.852. The highest BCUT2D eigenvalue weighted by Gasteiger charge is 2.29. The number of carbonyl (C=O) groups excluding carboxylic acids is 2. The van der Waals surface area contributed by atoms with Gasteiger partial charge in [0.25, 0.3) is 0 Å². The maximum atomic E-state index is 11.0. The van der Waals surface area contributed by atoms with Crippen LogP contribution in [0.4, 0.5) is 0 Å². The molecular formula is C8H8O2S. The molecule has 11 heavy (non-hydrogen) atoms. The van der Waals surface area contributed by atoms with Crippen LogP contribution < -0.4 is 0 Å². The van der Waals surface area contributed by atoms with Crippen LogP contribution in [0.3, 0.4) is 0 Å². The van der Waals surface area contributed by atoms with Gasteiger partial charge >= 0.3 is 0 Å². The van der Waals surface area contributed by atoms with Gasteiger partial charge in [-0.05, 0) is 30.5 Å². The monoisotopic (exact) mass is 168 g/mol. The van der Waals surface area contributed by atoms with E-state index in [1.807, 2.05) is 6.08 Å². The van der Waals surface area contributed by atoms with Gasteiger partial charge in [-0.1, -0.05) is 6.08 Å². The van der Waals surface area contributed by atoms with Crippen LogP contribution in [0.5, 0.6) is 0 Å². The van der Waals surface area contributed by atoms with Crippen LogP contribution in [0.15, 0.2) is 11.6 Å². The van der Waals surface area contributed by atoms with Crippen LogP contribution in [0.2, 0.25) is 0 Å². The summed E-state index contributed by atoms with van der Waals surface area (Å²) in [7, 11) is 0. The van der Waals surface area contributed by atoms with E-state index in [4.69, 9.17) is 0 Å². The van der Waals surface area contributed by atoms with Gasteiger partial charge in [-0.15, -0.1) is 0 Å². The molecule has 0 aromatic heterocycles. The molecule has 1 saturated heterocycles. The number of rotatable bonds is 1. The van der Waals surface area contributed by atoms with Gasteiger partial charge in [-0.3, -0.25) is 9.59 Å². The summed E-state index contributed by atoms with van der Waals surface area (Å²) in [6.45, 7) is 0. The minimum absolute atomic E-state index is 0.00176. The number of hydrogen-bond donors (Lipinski definition) is 0. The second kappa shape index (κ2) is 2.48. The molecule has 0 aromatic rings. The van der Waals surface area contributed by atoms with E-state index in [0.29, 0.717) is 12.3 Å². The summed E-state index contributed by atoms with van der Waals surface area (Å²) in [4.78, 5) is 21.8. The van der Waals surface area contributed by atoms with Crippen LogP contribution in [-0.2, 0) is 9.59 Å². The van der Waals surface area contributed by atoms with E-state index < -0.39 is 0 Å². The van der Waals surface area contributed by atoms with E-state index in [9.17, 15) is 9.59 Å². The summed E-state index contributed by atoms with van der Waals surface area (Å²) in [6, 6.07) is 0. The maximum Gasteiger partial charge on any atom is 0.223 e. The molecule has 2 rings (SSSR count). The van der Waals surface area contributed by atoms with Crippen molar-refractivity contribution in [1.29, 1.82) is 0 Å². The lowest BCUT2D eigenvalue weighted by Crippen LogP contribution is -1.87.